The zero-order valence-corrected chi connectivity index (χ0v) is 10.4. The van der Waals surface area contributed by atoms with Crippen LogP contribution in [0.4, 0.5) is 10.5 Å². The minimum atomic E-state index is -0.360. The fourth-order valence-electron chi connectivity index (χ4n) is 1.47. The number of aromatic nitrogens is 1. The number of anilines is 1. The molecule has 6 heteroatoms. The van der Waals surface area contributed by atoms with Gasteiger partial charge in [-0.3, -0.25) is 4.98 Å². The summed E-state index contributed by atoms with van der Waals surface area (Å²) in [6.07, 6.45) is 1.62. The van der Waals surface area contributed by atoms with E-state index in [1.165, 1.54) is 7.05 Å². The number of hydrogen-bond donors (Lipinski definition) is 2. The molecule has 0 aliphatic heterocycles. The number of fused-ring (bicyclic) bond motifs is 1. The number of benzene rings is 1. The standard InChI is InChI=1S/C11H9Cl2N3O/c1-14-11(17)16-10-8(13)5-7(12)6-3-2-4-15-9(6)10/h2-5H,1H3,(H2,14,16,17). The quantitative estimate of drug-likeness (QED) is 0.835. The zero-order chi connectivity index (χ0) is 12.4. The number of rotatable bonds is 1. The first kappa shape index (κ1) is 12.0. The highest BCUT2D eigenvalue weighted by atomic mass is 35.5. The minimum Gasteiger partial charge on any atom is -0.341 e. The molecule has 0 fully saturated rings. The molecule has 2 N–H and O–H groups in total. The van der Waals surface area contributed by atoms with Crippen molar-refractivity contribution in [3.05, 3.63) is 34.4 Å². The second-order valence-electron chi connectivity index (χ2n) is 3.32. The van der Waals surface area contributed by atoms with E-state index in [0.717, 1.165) is 5.39 Å². The molecule has 0 unspecified atom stereocenters. The fourth-order valence-corrected chi connectivity index (χ4v) is 2.03. The maximum Gasteiger partial charge on any atom is 0.319 e. The van der Waals surface area contributed by atoms with Crippen molar-refractivity contribution in [3.8, 4) is 0 Å². The topological polar surface area (TPSA) is 54.0 Å². The normalized spacial score (nSPS) is 10.3. The van der Waals surface area contributed by atoms with Crippen molar-refractivity contribution in [2.75, 3.05) is 12.4 Å². The van der Waals surface area contributed by atoms with E-state index in [1.54, 1.807) is 18.3 Å². The number of amides is 2. The van der Waals surface area contributed by atoms with Crippen molar-refractivity contribution in [1.29, 1.82) is 0 Å². The molecule has 0 bridgehead atoms. The van der Waals surface area contributed by atoms with Crippen molar-refractivity contribution < 1.29 is 4.79 Å². The molecule has 17 heavy (non-hydrogen) atoms. The van der Waals surface area contributed by atoms with Gasteiger partial charge >= 0.3 is 6.03 Å². The van der Waals surface area contributed by atoms with Crippen LogP contribution in [0.3, 0.4) is 0 Å². The van der Waals surface area contributed by atoms with Crippen LogP contribution in [0, 0.1) is 0 Å². The summed E-state index contributed by atoms with van der Waals surface area (Å²) in [5.74, 6) is 0. The summed E-state index contributed by atoms with van der Waals surface area (Å²) in [5.41, 5.74) is 1.01. The van der Waals surface area contributed by atoms with E-state index < -0.39 is 0 Å². The predicted molar refractivity (Wildman–Crippen MR) is 69.8 cm³/mol. The van der Waals surface area contributed by atoms with Gasteiger partial charge in [-0.2, -0.15) is 0 Å². The molecule has 0 saturated heterocycles. The van der Waals surface area contributed by atoms with Gasteiger partial charge in [-0.15, -0.1) is 0 Å². The number of halogens is 2. The van der Waals surface area contributed by atoms with Crippen LogP contribution in [0.15, 0.2) is 24.4 Å². The lowest BCUT2D eigenvalue weighted by Gasteiger charge is -2.10. The Bertz CT molecular complexity index is 586. The number of urea groups is 1. The number of pyridine rings is 1. The van der Waals surface area contributed by atoms with Crippen LogP contribution >= 0.6 is 23.2 Å². The molecule has 2 aromatic rings. The van der Waals surface area contributed by atoms with Gasteiger partial charge in [0.05, 0.1) is 21.2 Å². The lowest BCUT2D eigenvalue weighted by molar-refractivity contribution is 0.254. The van der Waals surface area contributed by atoms with Crippen LogP contribution < -0.4 is 10.6 Å². The summed E-state index contributed by atoms with van der Waals surface area (Å²) >= 11 is 12.1. The van der Waals surface area contributed by atoms with Gasteiger partial charge in [-0.25, -0.2) is 4.79 Å². The fraction of sp³-hybridized carbons (Fsp3) is 0.0909. The maximum atomic E-state index is 11.3. The van der Waals surface area contributed by atoms with E-state index in [-0.39, 0.29) is 6.03 Å². The molecule has 88 valence electrons. The van der Waals surface area contributed by atoms with Crippen LogP contribution in [-0.2, 0) is 0 Å². The van der Waals surface area contributed by atoms with Gasteiger partial charge in [0, 0.05) is 18.6 Å². The highest BCUT2D eigenvalue weighted by Crippen LogP contribution is 2.34. The van der Waals surface area contributed by atoms with Crippen molar-refractivity contribution in [2.24, 2.45) is 0 Å². The third-order valence-corrected chi connectivity index (χ3v) is 2.87. The Morgan fingerprint density at radius 1 is 1.35 bits per heavy atom. The third-order valence-electron chi connectivity index (χ3n) is 2.26. The van der Waals surface area contributed by atoms with Crippen molar-refractivity contribution in [3.63, 3.8) is 0 Å². The zero-order valence-electron chi connectivity index (χ0n) is 8.92. The second kappa shape index (κ2) is 4.77. The summed E-state index contributed by atoms with van der Waals surface area (Å²) in [6.45, 7) is 0. The smallest absolute Gasteiger partial charge is 0.319 e. The van der Waals surface area contributed by atoms with E-state index in [0.29, 0.717) is 21.2 Å². The molecule has 0 radical (unpaired) electrons. The average molecular weight is 270 g/mol. The summed E-state index contributed by atoms with van der Waals surface area (Å²) in [5, 5.41) is 6.67. The average Bonchev–Trinajstić information content (AvgIpc) is 2.34. The van der Waals surface area contributed by atoms with E-state index >= 15 is 0 Å². The lowest BCUT2D eigenvalue weighted by atomic mass is 10.2. The summed E-state index contributed by atoms with van der Waals surface area (Å²) < 4.78 is 0. The third kappa shape index (κ3) is 2.28. The first-order valence-electron chi connectivity index (χ1n) is 4.85. The molecule has 0 saturated carbocycles. The van der Waals surface area contributed by atoms with Gasteiger partial charge in [-0.05, 0) is 18.2 Å². The summed E-state index contributed by atoms with van der Waals surface area (Å²) in [4.78, 5) is 15.5. The number of nitrogens with zero attached hydrogens (tertiary/aromatic N) is 1. The SMILES string of the molecule is CNC(=O)Nc1c(Cl)cc(Cl)c2cccnc12. The Labute approximate surface area is 108 Å². The predicted octanol–water partition coefficient (Wildman–Crippen LogP) is 3.29. The van der Waals surface area contributed by atoms with E-state index in [2.05, 4.69) is 15.6 Å². The summed E-state index contributed by atoms with van der Waals surface area (Å²) in [6, 6.07) is 4.81. The van der Waals surface area contributed by atoms with Crippen molar-refractivity contribution in [1.82, 2.24) is 10.3 Å². The Balaban J connectivity index is 2.65. The number of carbonyl (C=O) groups is 1. The van der Waals surface area contributed by atoms with E-state index in [1.807, 2.05) is 6.07 Å². The molecular weight excluding hydrogens is 261 g/mol. The molecular formula is C11H9Cl2N3O. The Kier molecular flexibility index (Phi) is 3.36. The van der Waals surface area contributed by atoms with Crippen molar-refractivity contribution in [2.45, 2.75) is 0 Å². The molecule has 0 aliphatic rings. The largest absolute Gasteiger partial charge is 0.341 e. The Morgan fingerprint density at radius 2 is 2.12 bits per heavy atom. The minimum absolute atomic E-state index is 0.352. The Hall–Kier alpha value is -1.52. The van der Waals surface area contributed by atoms with Gasteiger partial charge in [0.2, 0.25) is 0 Å². The molecule has 1 heterocycles. The first-order chi connectivity index (χ1) is 8.13. The molecule has 1 aromatic heterocycles. The van der Waals surface area contributed by atoms with Gasteiger partial charge in [0.15, 0.2) is 0 Å². The van der Waals surface area contributed by atoms with Crippen LogP contribution in [0.5, 0.6) is 0 Å². The number of hydrogen-bond acceptors (Lipinski definition) is 2. The maximum absolute atomic E-state index is 11.3. The van der Waals surface area contributed by atoms with Gasteiger partial charge in [-0.1, -0.05) is 23.2 Å². The van der Waals surface area contributed by atoms with E-state index in [9.17, 15) is 4.79 Å². The van der Waals surface area contributed by atoms with Crippen LogP contribution in [0.1, 0.15) is 0 Å². The van der Waals surface area contributed by atoms with Gasteiger partial charge < -0.3 is 10.6 Å². The molecule has 4 nitrogen and oxygen atoms in total. The number of carbonyl (C=O) groups excluding carboxylic acids is 1. The number of nitrogens with one attached hydrogen (secondary N) is 2. The lowest BCUT2D eigenvalue weighted by Crippen LogP contribution is -2.24. The summed E-state index contributed by atoms with van der Waals surface area (Å²) in [7, 11) is 1.52. The Morgan fingerprint density at radius 3 is 2.82 bits per heavy atom. The molecule has 0 spiro atoms. The van der Waals surface area contributed by atoms with Crippen LogP contribution in [-0.4, -0.2) is 18.1 Å². The first-order valence-corrected chi connectivity index (χ1v) is 5.60. The second-order valence-corrected chi connectivity index (χ2v) is 4.13. The van der Waals surface area contributed by atoms with Crippen LogP contribution in [0.2, 0.25) is 10.0 Å². The highest BCUT2D eigenvalue weighted by molar-refractivity contribution is 6.41. The highest BCUT2D eigenvalue weighted by Gasteiger charge is 2.12. The monoisotopic (exact) mass is 269 g/mol. The molecule has 2 rings (SSSR count). The molecule has 2 amide bonds. The van der Waals surface area contributed by atoms with E-state index in [4.69, 9.17) is 23.2 Å². The van der Waals surface area contributed by atoms with Gasteiger partial charge in [0.25, 0.3) is 0 Å². The van der Waals surface area contributed by atoms with Crippen LogP contribution in [0.25, 0.3) is 10.9 Å². The van der Waals surface area contributed by atoms with Gasteiger partial charge in [0.1, 0.15) is 0 Å². The molecule has 1 aromatic carbocycles. The van der Waals surface area contributed by atoms with Crippen molar-refractivity contribution >= 4 is 45.8 Å². The molecule has 0 aliphatic carbocycles. The molecule has 0 atom stereocenters.